The average molecular weight is 514 g/mol. The molecular formula is C24H24BrN3O3S. The van der Waals surface area contributed by atoms with E-state index in [9.17, 15) is 13.2 Å². The first-order chi connectivity index (χ1) is 15.3. The molecule has 0 atom stereocenters. The van der Waals surface area contributed by atoms with E-state index in [0.29, 0.717) is 16.1 Å². The van der Waals surface area contributed by atoms with E-state index in [1.54, 1.807) is 42.5 Å². The van der Waals surface area contributed by atoms with Crippen molar-refractivity contribution in [1.29, 1.82) is 0 Å². The number of carbonyl (C=O) groups is 1. The van der Waals surface area contributed by atoms with Gasteiger partial charge in [-0.3, -0.25) is 9.10 Å². The second-order valence-electron chi connectivity index (χ2n) is 7.42. The van der Waals surface area contributed by atoms with Gasteiger partial charge in [0.1, 0.15) is 6.54 Å². The molecular weight excluding hydrogens is 490 g/mol. The van der Waals surface area contributed by atoms with Gasteiger partial charge in [-0.05, 0) is 47.4 Å². The number of hydrogen-bond acceptors (Lipinski definition) is 4. The van der Waals surface area contributed by atoms with Gasteiger partial charge in [0.2, 0.25) is 0 Å². The molecule has 3 rings (SSSR count). The Morgan fingerprint density at radius 2 is 1.72 bits per heavy atom. The van der Waals surface area contributed by atoms with Crippen LogP contribution in [0, 0.1) is 0 Å². The zero-order valence-electron chi connectivity index (χ0n) is 17.8. The van der Waals surface area contributed by atoms with Gasteiger partial charge in [0.25, 0.3) is 15.9 Å². The van der Waals surface area contributed by atoms with Crippen LogP contribution in [-0.2, 0) is 14.8 Å². The molecule has 0 fully saturated rings. The van der Waals surface area contributed by atoms with E-state index in [4.69, 9.17) is 0 Å². The average Bonchev–Trinajstić information content (AvgIpc) is 2.78. The molecule has 0 bridgehead atoms. The quantitative estimate of drug-likeness (QED) is 0.343. The highest BCUT2D eigenvalue weighted by atomic mass is 79.9. The molecule has 1 N–H and O–H groups in total. The number of amides is 1. The van der Waals surface area contributed by atoms with E-state index >= 15 is 0 Å². The van der Waals surface area contributed by atoms with E-state index in [1.165, 1.54) is 23.9 Å². The summed E-state index contributed by atoms with van der Waals surface area (Å²) in [6, 6.07) is 22.6. The van der Waals surface area contributed by atoms with Gasteiger partial charge in [-0.2, -0.15) is 5.10 Å². The Morgan fingerprint density at radius 1 is 1.03 bits per heavy atom. The summed E-state index contributed by atoms with van der Waals surface area (Å²) in [5.74, 6) is -0.129. The van der Waals surface area contributed by atoms with Crippen molar-refractivity contribution >= 4 is 43.8 Å². The fourth-order valence-corrected chi connectivity index (χ4v) is 4.80. The Labute approximate surface area is 197 Å². The molecule has 0 aromatic heterocycles. The molecule has 0 aliphatic carbocycles. The van der Waals surface area contributed by atoms with Crippen molar-refractivity contribution in [2.75, 3.05) is 10.8 Å². The third kappa shape index (κ3) is 6.05. The number of carbonyl (C=O) groups excluding carboxylic acids is 1. The van der Waals surface area contributed by atoms with Crippen LogP contribution in [0.1, 0.15) is 30.9 Å². The lowest BCUT2D eigenvalue weighted by molar-refractivity contribution is -0.119. The minimum Gasteiger partial charge on any atom is -0.271 e. The van der Waals surface area contributed by atoms with Gasteiger partial charge in [0.05, 0.1) is 16.8 Å². The van der Waals surface area contributed by atoms with Crippen molar-refractivity contribution in [1.82, 2.24) is 5.43 Å². The van der Waals surface area contributed by atoms with Crippen LogP contribution < -0.4 is 9.73 Å². The molecule has 0 saturated carbocycles. The second kappa shape index (κ2) is 10.6. The van der Waals surface area contributed by atoms with Crippen LogP contribution in [0.25, 0.3) is 0 Å². The number of rotatable bonds is 8. The maximum atomic E-state index is 13.3. The van der Waals surface area contributed by atoms with Crippen LogP contribution in [0.15, 0.2) is 93.3 Å². The Kier molecular flexibility index (Phi) is 7.82. The van der Waals surface area contributed by atoms with Crippen molar-refractivity contribution in [3.63, 3.8) is 0 Å². The maximum absolute atomic E-state index is 13.3. The van der Waals surface area contributed by atoms with E-state index in [2.05, 4.69) is 40.3 Å². The van der Waals surface area contributed by atoms with Gasteiger partial charge in [-0.25, -0.2) is 13.8 Å². The predicted molar refractivity (Wildman–Crippen MR) is 131 cm³/mol. The summed E-state index contributed by atoms with van der Waals surface area (Å²) in [7, 11) is -3.96. The molecule has 8 heteroatoms. The molecule has 0 saturated heterocycles. The molecule has 6 nitrogen and oxygen atoms in total. The summed E-state index contributed by atoms with van der Waals surface area (Å²) in [6.07, 6.45) is 1.52. The van der Waals surface area contributed by atoms with E-state index in [0.717, 1.165) is 9.87 Å². The number of benzene rings is 3. The fourth-order valence-electron chi connectivity index (χ4n) is 2.98. The zero-order chi connectivity index (χ0) is 23.1. The number of hydrogen-bond donors (Lipinski definition) is 1. The molecule has 0 unspecified atom stereocenters. The van der Waals surface area contributed by atoms with Gasteiger partial charge in [0.15, 0.2) is 0 Å². The standard InChI is InChI=1S/C24H24BrN3O3S/c1-18(2)20-13-11-19(12-14-20)16-26-27-24(29)17-28(22-8-6-7-21(25)15-22)32(30,31)23-9-4-3-5-10-23/h3-16,18H,17H2,1-2H3,(H,27,29)/b26-16-. The zero-order valence-corrected chi connectivity index (χ0v) is 20.2. The molecule has 3 aromatic rings. The third-order valence-electron chi connectivity index (χ3n) is 4.72. The highest BCUT2D eigenvalue weighted by molar-refractivity contribution is 9.10. The normalized spacial score (nSPS) is 11.6. The first-order valence-electron chi connectivity index (χ1n) is 10.0. The van der Waals surface area contributed by atoms with Crippen LogP contribution in [0.4, 0.5) is 5.69 Å². The van der Waals surface area contributed by atoms with Gasteiger partial charge in [-0.1, -0.05) is 78.3 Å². The number of halogens is 1. The van der Waals surface area contributed by atoms with Crippen molar-refractivity contribution in [3.8, 4) is 0 Å². The third-order valence-corrected chi connectivity index (χ3v) is 7.00. The number of sulfonamides is 1. The van der Waals surface area contributed by atoms with Gasteiger partial charge >= 0.3 is 0 Å². The lowest BCUT2D eigenvalue weighted by Crippen LogP contribution is -2.39. The fraction of sp³-hybridized carbons (Fsp3) is 0.167. The van der Waals surface area contributed by atoms with Crippen LogP contribution in [0.2, 0.25) is 0 Å². The molecule has 0 heterocycles. The number of anilines is 1. The first kappa shape index (κ1) is 23.7. The molecule has 3 aromatic carbocycles. The molecule has 0 aliphatic rings. The van der Waals surface area contributed by atoms with E-state index in [-0.39, 0.29) is 4.90 Å². The minimum atomic E-state index is -3.96. The van der Waals surface area contributed by atoms with E-state index < -0.39 is 22.5 Å². The van der Waals surface area contributed by atoms with Crippen molar-refractivity contribution in [2.45, 2.75) is 24.7 Å². The van der Waals surface area contributed by atoms with Crippen LogP contribution in [0.5, 0.6) is 0 Å². The van der Waals surface area contributed by atoms with Crippen molar-refractivity contribution in [2.24, 2.45) is 5.10 Å². The van der Waals surface area contributed by atoms with Crippen LogP contribution in [0.3, 0.4) is 0 Å². The molecule has 0 aliphatic heterocycles. The van der Waals surface area contributed by atoms with Crippen LogP contribution in [-0.4, -0.2) is 27.1 Å². The highest BCUT2D eigenvalue weighted by Crippen LogP contribution is 2.26. The number of nitrogens with one attached hydrogen (secondary N) is 1. The molecule has 0 radical (unpaired) electrons. The Bertz CT molecular complexity index is 1190. The summed E-state index contributed by atoms with van der Waals surface area (Å²) in [4.78, 5) is 12.7. The van der Waals surface area contributed by atoms with E-state index in [1.807, 2.05) is 24.3 Å². The Balaban J connectivity index is 1.78. The van der Waals surface area contributed by atoms with Crippen molar-refractivity contribution in [3.05, 3.63) is 94.5 Å². The summed E-state index contributed by atoms with van der Waals surface area (Å²) in [5.41, 5.74) is 4.83. The SMILES string of the molecule is CC(C)c1ccc(/C=N\NC(=O)CN(c2cccc(Br)c2)S(=O)(=O)c2ccccc2)cc1. The molecule has 166 valence electrons. The Morgan fingerprint density at radius 3 is 2.34 bits per heavy atom. The summed E-state index contributed by atoms with van der Waals surface area (Å²) >= 11 is 3.36. The summed E-state index contributed by atoms with van der Waals surface area (Å²) < 4.78 is 28.3. The minimum absolute atomic E-state index is 0.0986. The Hall–Kier alpha value is -2.97. The monoisotopic (exact) mass is 513 g/mol. The molecule has 0 spiro atoms. The van der Waals surface area contributed by atoms with Gasteiger partial charge in [-0.15, -0.1) is 0 Å². The van der Waals surface area contributed by atoms with Crippen molar-refractivity contribution < 1.29 is 13.2 Å². The smallest absolute Gasteiger partial charge is 0.264 e. The lowest BCUT2D eigenvalue weighted by atomic mass is 10.0. The van der Waals surface area contributed by atoms with Crippen LogP contribution >= 0.6 is 15.9 Å². The highest BCUT2D eigenvalue weighted by Gasteiger charge is 2.27. The lowest BCUT2D eigenvalue weighted by Gasteiger charge is -2.23. The predicted octanol–water partition coefficient (Wildman–Crippen LogP) is 4.92. The van der Waals surface area contributed by atoms with Gasteiger partial charge in [0, 0.05) is 4.47 Å². The maximum Gasteiger partial charge on any atom is 0.264 e. The first-order valence-corrected chi connectivity index (χ1v) is 12.3. The molecule has 32 heavy (non-hydrogen) atoms. The number of hydrazone groups is 1. The number of nitrogens with zero attached hydrogens (tertiary/aromatic N) is 2. The largest absolute Gasteiger partial charge is 0.271 e. The topological polar surface area (TPSA) is 78.8 Å². The molecule has 1 amide bonds. The van der Waals surface area contributed by atoms with Gasteiger partial charge < -0.3 is 0 Å². The second-order valence-corrected chi connectivity index (χ2v) is 10.2. The summed E-state index contributed by atoms with van der Waals surface area (Å²) in [5, 5.41) is 3.98. The summed E-state index contributed by atoms with van der Waals surface area (Å²) in [6.45, 7) is 3.81.